The normalized spacial score (nSPS) is 10.8. The molecule has 0 bridgehead atoms. The lowest BCUT2D eigenvalue weighted by Crippen LogP contribution is -1.95. The maximum atomic E-state index is 11.9. The Labute approximate surface area is 121 Å². The quantitative estimate of drug-likeness (QED) is 0.515. The molecular formula is C15H11Cl2NO. The Morgan fingerprint density at radius 1 is 1.11 bits per heavy atom. The smallest absolute Gasteiger partial charge is 0.185 e. The number of benzene rings is 2. The minimum Gasteiger partial charge on any atom is -0.399 e. The summed E-state index contributed by atoms with van der Waals surface area (Å²) in [6.45, 7) is 0. The Kier molecular flexibility index (Phi) is 4.25. The first-order valence-electron chi connectivity index (χ1n) is 5.59. The summed E-state index contributed by atoms with van der Waals surface area (Å²) < 4.78 is 0. The van der Waals surface area contributed by atoms with Crippen LogP contribution in [0.25, 0.3) is 6.08 Å². The Morgan fingerprint density at radius 2 is 1.89 bits per heavy atom. The summed E-state index contributed by atoms with van der Waals surface area (Å²) in [5.74, 6) is -0.127. The van der Waals surface area contributed by atoms with Crippen LogP contribution in [0, 0.1) is 0 Å². The van der Waals surface area contributed by atoms with Gasteiger partial charge in [-0.3, -0.25) is 4.79 Å². The predicted octanol–water partition coefficient (Wildman–Crippen LogP) is 4.47. The molecule has 0 fully saturated rings. The van der Waals surface area contributed by atoms with Crippen LogP contribution in [0.15, 0.2) is 48.5 Å². The number of ketones is 1. The second kappa shape index (κ2) is 5.91. The van der Waals surface area contributed by atoms with Crippen molar-refractivity contribution in [1.82, 2.24) is 0 Å². The number of hydrogen-bond donors (Lipinski definition) is 1. The number of carbonyl (C=O) groups excluding carboxylic acids is 1. The van der Waals surface area contributed by atoms with Gasteiger partial charge in [0, 0.05) is 21.3 Å². The average Bonchev–Trinajstić information content (AvgIpc) is 2.37. The van der Waals surface area contributed by atoms with Gasteiger partial charge in [-0.25, -0.2) is 0 Å². The van der Waals surface area contributed by atoms with Crippen molar-refractivity contribution >= 4 is 40.7 Å². The van der Waals surface area contributed by atoms with Gasteiger partial charge in [-0.1, -0.05) is 41.4 Å². The number of nitrogen functional groups attached to an aromatic ring is 1. The topological polar surface area (TPSA) is 43.1 Å². The van der Waals surface area contributed by atoms with Gasteiger partial charge in [-0.2, -0.15) is 0 Å². The molecule has 19 heavy (non-hydrogen) atoms. The molecule has 2 rings (SSSR count). The lowest BCUT2D eigenvalue weighted by atomic mass is 10.1. The van der Waals surface area contributed by atoms with E-state index in [0.29, 0.717) is 21.3 Å². The molecule has 2 nitrogen and oxygen atoms in total. The summed E-state index contributed by atoms with van der Waals surface area (Å²) in [5, 5.41) is 1.06. The van der Waals surface area contributed by atoms with E-state index < -0.39 is 0 Å². The molecule has 0 radical (unpaired) electrons. The van der Waals surface area contributed by atoms with Crippen molar-refractivity contribution in [2.24, 2.45) is 0 Å². The summed E-state index contributed by atoms with van der Waals surface area (Å²) >= 11 is 11.8. The van der Waals surface area contributed by atoms with Crippen LogP contribution in [0.2, 0.25) is 10.0 Å². The fourth-order valence-corrected chi connectivity index (χ4v) is 2.06. The minimum atomic E-state index is -0.127. The van der Waals surface area contributed by atoms with Crippen LogP contribution in [0.3, 0.4) is 0 Å². The van der Waals surface area contributed by atoms with E-state index in [1.165, 1.54) is 6.08 Å². The molecule has 2 aromatic rings. The molecule has 0 aliphatic carbocycles. The molecule has 0 saturated carbocycles. The second-order valence-electron chi connectivity index (χ2n) is 3.99. The molecule has 2 aromatic carbocycles. The molecule has 0 aromatic heterocycles. The van der Waals surface area contributed by atoms with Crippen LogP contribution in [0.1, 0.15) is 15.9 Å². The molecular weight excluding hydrogens is 281 g/mol. The first-order valence-corrected chi connectivity index (χ1v) is 6.35. The SMILES string of the molecule is Nc1cccc(C(=O)/C=C/c2ccc(Cl)cc2Cl)c1. The highest BCUT2D eigenvalue weighted by molar-refractivity contribution is 6.35. The van der Waals surface area contributed by atoms with E-state index in [9.17, 15) is 4.79 Å². The van der Waals surface area contributed by atoms with E-state index in [-0.39, 0.29) is 5.78 Å². The van der Waals surface area contributed by atoms with E-state index >= 15 is 0 Å². The second-order valence-corrected chi connectivity index (χ2v) is 4.83. The number of allylic oxidation sites excluding steroid dienone is 1. The summed E-state index contributed by atoms with van der Waals surface area (Å²) in [7, 11) is 0. The van der Waals surface area contributed by atoms with Crippen LogP contribution in [0.4, 0.5) is 5.69 Å². The standard InChI is InChI=1S/C15H11Cl2NO/c16-12-6-4-10(14(17)9-12)5-7-15(19)11-2-1-3-13(18)8-11/h1-9H,18H2/b7-5+. The van der Waals surface area contributed by atoms with Gasteiger partial charge in [0.15, 0.2) is 5.78 Å². The monoisotopic (exact) mass is 291 g/mol. The number of anilines is 1. The molecule has 0 aliphatic rings. The van der Waals surface area contributed by atoms with Crippen LogP contribution in [0.5, 0.6) is 0 Å². The maximum Gasteiger partial charge on any atom is 0.185 e. The van der Waals surface area contributed by atoms with Crippen LogP contribution in [-0.2, 0) is 0 Å². The Morgan fingerprint density at radius 3 is 2.58 bits per heavy atom. The molecule has 0 atom stereocenters. The maximum absolute atomic E-state index is 11.9. The van der Waals surface area contributed by atoms with Crippen molar-refractivity contribution in [2.75, 3.05) is 5.73 Å². The van der Waals surface area contributed by atoms with Gasteiger partial charge < -0.3 is 5.73 Å². The molecule has 0 unspecified atom stereocenters. The first-order chi connectivity index (χ1) is 9.06. The molecule has 2 N–H and O–H groups in total. The van der Waals surface area contributed by atoms with Crippen molar-refractivity contribution in [3.63, 3.8) is 0 Å². The van der Waals surface area contributed by atoms with Crippen molar-refractivity contribution < 1.29 is 4.79 Å². The van der Waals surface area contributed by atoms with Crippen LogP contribution < -0.4 is 5.73 Å². The van der Waals surface area contributed by atoms with Gasteiger partial charge in [-0.05, 0) is 42.0 Å². The van der Waals surface area contributed by atoms with Gasteiger partial charge in [0.1, 0.15) is 0 Å². The average molecular weight is 292 g/mol. The lowest BCUT2D eigenvalue weighted by Gasteiger charge is -2.00. The zero-order chi connectivity index (χ0) is 13.8. The summed E-state index contributed by atoms with van der Waals surface area (Å²) in [5.41, 5.74) is 7.47. The highest BCUT2D eigenvalue weighted by Gasteiger charge is 2.03. The fraction of sp³-hybridized carbons (Fsp3) is 0. The third kappa shape index (κ3) is 3.60. The van der Waals surface area contributed by atoms with Gasteiger partial charge in [0.2, 0.25) is 0 Å². The summed E-state index contributed by atoms with van der Waals surface area (Å²) in [6, 6.07) is 11.9. The molecule has 4 heteroatoms. The van der Waals surface area contributed by atoms with Crippen molar-refractivity contribution in [1.29, 1.82) is 0 Å². The van der Waals surface area contributed by atoms with E-state index in [4.69, 9.17) is 28.9 Å². The Bertz CT molecular complexity index is 650. The Balaban J connectivity index is 2.21. The van der Waals surface area contributed by atoms with Gasteiger partial charge in [0.25, 0.3) is 0 Å². The molecule has 0 spiro atoms. The fourth-order valence-electron chi connectivity index (χ4n) is 1.59. The zero-order valence-corrected chi connectivity index (χ0v) is 11.4. The molecule has 0 saturated heterocycles. The van der Waals surface area contributed by atoms with Gasteiger partial charge in [-0.15, -0.1) is 0 Å². The van der Waals surface area contributed by atoms with Crippen molar-refractivity contribution in [3.05, 3.63) is 69.7 Å². The number of rotatable bonds is 3. The minimum absolute atomic E-state index is 0.127. The van der Waals surface area contributed by atoms with Crippen molar-refractivity contribution in [3.8, 4) is 0 Å². The zero-order valence-electron chi connectivity index (χ0n) is 9.94. The molecule has 0 heterocycles. The highest BCUT2D eigenvalue weighted by Crippen LogP contribution is 2.22. The summed E-state index contributed by atoms with van der Waals surface area (Å²) in [4.78, 5) is 11.9. The number of halogens is 2. The largest absolute Gasteiger partial charge is 0.399 e. The van der Waals surface area contributed by atoms with E-state index in [0.717, 1.165) is 5.56 Å². The van der Waals surface area contributed by atoms with Crippen molar-refractivity contribution in [2.45, 2.75) is 0 Å². The van der Waals surface area contributed by atoms with E-state index in [2.05, 4.69) is 0 Å². The van der Waals surface area contributed by atoms with Gasteiger partial charge in [0.05, 0.1) is 0 Å². The lowest BCUT2D eigenvalue weighted by molar-refractivity contribution is 0.104. The van der Waals surface area contributed by atoms with Gasteiger partial charge >= 0.3 is 0 Å². The molecule has 0 aliphatic heterocycles. The number of carbonyl (C=O) groups is 1. The molecule has 96 valence electrons. The third-order valence-corrected chi connectivity index (χ3v) is 3.11. The summed E-state index contributed by atoms with van der Waals surface area (Å²) in [6.07, 6.45) is 3.12. The van der Waals surface area contributed by atoms with E-state index in [1.54, 1.807) is 48.5 Å². The predicted molar refractivity (Wildman–Crippen MR) is 80.7 cm³/mol. The third-order valence-electron chi connectivity index (χ3n) is 2.55. The highest BCUT2D eigenvalue weighted by atomic mass is 35.5. The van der Waals surface area contributed by atoms with Crippen LogP contribution >= 0.6 is 23.2 Å². The molecule has 0 amide bonds. The first kappa shape index (κ1) is 13.7. The van der Waals surface area contributed by atoms with E-state index in [1.807, 2.05) is 0 Å². The number of nitrogens with two attached hydrogens (primary N) is 1. The van der Waals surface area contributed by atoms with Crippen LogP contribution in [-0.4, -0.2) is 5.78 Å². The Hall–Kier alpha value is -1.77. The number of hydrogen-bond acceptors (Lipinski definition) is 2.